The van der Waals surface area contributed by atoms with Crippen molar-refractivity contribution in [3.63, 3.8) is 0 Å². The van der Waals surface area contributed by atoms with Gasteiger partial charge in [0.1, 0.15) is 11.6 Å². The van der Waals surface area contributed by atoms with E-state index < -0.39 is 23.4 Å². The fourth-order valence-corrected chi connectivity index (χ4v) is 5.84. The summed E-state index contributed by atoms with van der Waals surface area (Å²) in [6.07, 6.45) is 3.30. The molecule has 1 unspecified atom stereocenters. The molecule has 0 bridgehead atoms. The van der Waals surface area contributed by atoms with Crippen LogP contribution in [-0.2, 0) is 25.6 Å². The molecular formula is C28H37FN4O6. The third-order valence-corrected chi connectivity index (χ3v) is 7.89. The lowest BCUT2D eigenvalue weighted by molar-refractivity contribution is -0.136. The average Bonchev–Trinajstić information content (AvgIpc) is 3.21. The second-order valence-corrected chi connectivity index (χ2v) is 11.8. The molecule has 1 aromatic rings. The average molecular weight is 545 g/mol. The lowest BCUT2D eigenvalue weighted by Crippen LogP contribution is -2.52. The Balaban J connectivity index is 1.13. The summed E-state index contributed by atoms with van der Waals surface area (Å²) in [5.41, 5.74) is 0.518. The number of hydrogen-bond donors (Lipinski definition) is 1. The van der Waals surface area contributed by atoms with E-state index in [1.54, 1.807) is 17.0 Å². The number of imide groups is 1. The molecule has 0 spiro atoms. The van der Waals surface area contributed by atoms with Gasteiger partial charge in [0.25, 0.3) is 5.91 Å². The monoisotopic (exact) mass is 544 g/mol. The van der Waals surface area contributed by atoms with Crippen molar-refractivity contribution in [3.8, 4) is 0 Å². The molecule has 0 aliphatic carbocycles. The van der Waals surface area contributed by atoms with E-state index in [2.05, 4.69) is 5.32 Å². The van der Waals surface area contributed by atoms with Crippen molar-refractivity contribution in [1.82, 2.24) is 15.1 Å². The van der Waals surface area contributed by atoms with Crippen LogP contribution in [0.25, 0.3) is 0 Å². The van der Waals surface area contributed by atoms with Crippen LogP contribution in [0.4, 0.5) is 14.9 Å². The second-order valence-electron chi connectivity index (χ2n) is 11.8. The smallest absolute Gasteiger partial charge is 0.410 e. The zero-order valence-electron chi connectivity index (χ0n) is 22.8. The van der Waals surface area contributed by atoms with Crippen molar-refractivity contribution in [3.05, 3.63) is 29.1 Å². The van der Waals surface area contributed by atoms with Gasteiger partial charge in [0, 0.05) is 43.7 Å². The van der Waals surface area contributed by atoms with E-state index in [4.69, 9.17) is 9.47 Å². The van der Waals surface area contributed by atoms with Crippen LogP contribution in [0.3, 0.4) is 0 Å². The van der Waals surface area contributed by atoms with Gasteiger partial charge < -0.3 is 24.2 Å². The van der Waals surface area contributed by atoms with E-state index in [1.807, 2.05) is 25.7 Å². The van der Waals surface area contributed by atoms with Gasteiger partial charge in [-0.15, -0.1) is 0 Å². The summed E-state index contributed by atoms with van der Waals surface area (Å²) >= 11 is 0. The molecule has 3 saturated heterocycles. The van der Waals surface area contributed by atoms with Gasteiger partial charge >= 0.3 is 6.09 Å². The first-order valence-corrected chi connectivity index (χ1v) is 13.8. The normalized spacial score (nSPS) is 23.2. The number of likely N-dealkylation sites (tertiary alicyclic amines) is 1. The summed E-state index contributed by atoms with van der Waals surface area (Å²) in [5, 5.41) is 2.27. The molecule has 1 atom stereocenters. The lowest BCUT2D eigenvalue weighted by atomic mass is 10.0. The van der Waals surface area contributed by atoms with Crippen molar-refractivity contribution in [2.45, 2.75) is 89.7 Å². The van der Waals surface area contributed by atoms with E-state index in [0.29, 0.717) is 37.4 Å². The number of halogens is 1. The van der Waals surface area contributed by atoms with Crippen LogP contribution in [0.2, 0.25) is 0 Å². The molecular weight excluding hydrogens is 507 g/mol. The minimum Gasteiger partial charge on any atom is -0.444 e. The van der Waals surface area contributed by atoms with Crippen LogP contribution in [0, 0.1) is 5.82 Å². The minimum atomic E-state index is -0.769. The highest BCUT2D eigenvalue weighted by Crippen LogP contribution is 2.35. The van der Waals surface area contributed by atoms with Crippen LogP contribution in [0.1, 0.15) is 75.2 Å². The Hall–Kier alpha value is -3.21. The predicted octanol–water partition coefficient (Wildman–Crippen LogP) is 2.97. The highest BCUT2D eigenvalue weighted by atomic mass is 19.1. The Labute approximate surface area is 227 Å². The first-order chi connectivity index (χ1) is 18.5. The van der Waals surface area contributed by atoms with Crippen molar-refractivity contribution < 1.29 is 33.0 Å². The quantitative estimate of drug-likeness (QED) is 0.581. The standard InChI is InChI=1S/C28H37FN4O6/c1-28(2,3)39-27(37)32-14-10-18(11-15-32)38-17-8-12-31(13-9-17)21-5-4-19-20(24(21)29)16-33(26(19)36)22-6-7-23(34)30-25(22)35/h4-5,17-18,22H,6-16H2,1-3H3,(H,30,34,35). The topological polar surface area (TPSA) is 108 Å². The van der Waals surface area contributed by atoms with Crippen LogP contribution in [0.5, 0.6) is 0 Å². The van der Waals surface area contributed by atoms with Crippen LogP contribution in [-0.4, -0.2) is 83.6 Å². The number of amides is 4. The number of benzene rings is 1. The predicted molar refractivity (Wildman–Crippen MR) is 140 cm³/mol. The molecule has 1 N–H and O–H groups in total. The summed E-state index contributed by atoms with van der Waals surface area (Å²) in [6.45, 7) is 8.05. The minimum absolute atomic E-state index is 0.0156. The molecule has 1 aromatic carbocycles. The van der Waals surface area contributed by atoms with Crippen LogP contribution in [0.15, 0.2) is 12.1 Å². The maximum Gasteiger partial charge on any atom is 0.410 e. The largest absolute Gasteiger partial charge is 0.444 e. The van der Waals surface area contributed by atoms with Gasteiger partial charge in [-0.25, -0.2) is 9.18 Å². The van der Waals surface area contributed by atoms with Gasteiger partial charge in [0.05, 0.1) is 24.4 Å². The number of piperidine rings is 3. The molecule has 212 valence electrons. The van der Waals surface area contributed by atoms with Gasteiger partial charge in [0.15, 0.2) is 5.82 Å². The number of nitrogens with one attached hydrogen (secondary N) is 1. The summed E-state index contributed by atoms with van der Waals surface area (Å²) in [6, 6.07) is 2.52. The molecule has 3 fully saturated rings. The van der Waals surface area contributed by atoms with Crippen molar-refractivity contribution >= 4 is 29.5 Å². The van der Waals surface area contributed by atoms with Gasteiger partial charge in [-0.3, -0.25) is 19.7 Å². The molecule has 0 radical (unpaired) electrons. The molecule has 4 aliphatic rings. The van der Waals surface area contributed by atoms with E-state index >= 15 is 4.39 Å². The van der Waals surface area contributed by atoms with E-state index in [1.165, 1.54) is 4.90 Å². The Morgan fingerprint density at radius 1 is 0.974 bits per heavy atom. The highest BCUT2D eigenvalue weighted by molar-refractivity contribution is 6.05. The molecule has 10 nitrogen and oxygen atoms in total. The molecule has 0 aromatic heterocycles. The molecule has 4 amide bonds. The number of ether oxygens (including phenoxy) is 2. The second kappa shape index (κ2) is 10.7. The van der Waals surface area contributed by atoms with Gasteiger partial charge in [0.2, 0.25) is 11.8 Å². The zero-order chi connectivity index (χ0) is 27.9. The van der Waals surface area contributed by atoms with Crippen LogP contribution < -0.4 is 10.2 Å². The SMILES string of the molecule is CC(C)(C)OC(=O)N1CCC(OC2CCN(c3ccc4c(c3F)CN(C3CCC(=O)NC3=O)C4=O)CC2)CC1. The van der Waals surface area contributed by atoms with E-state index in [-0.39, 0.29) is 55.1 Å². The lowest BCUT2D eigenvalue weighted by Gasteiger charge is -2.38. The fraction of sp³-hybridized carbons (Fsp3) is 0.643. The Morgan fingerprint density at radius 3 is 2.23 bits per heavy atom. The van der Waals surface area contributed by atoms with Crippen molar-refractivity contribution in [1.29, 1.82) is 0 Å². The van der Waals surface area contributed by atoms with Gasteiger partial charge in [-0.1, -0.05) is 0 Å². The van der Waals surface area contributed by atoms with Gasteiger partial charge in [-0.2, -0.15) is 0 Å². The molecule has 11 heteroatoms. The molecule has 39 heavy (non-hydrogen) atoms. The first-order valence-electron chi connectivity index (χ1n) is 13.8. The Bertz CT molecular complexity index is 1150. The number of fused-ring (bicyclic) bond motifs is 1. The zero-order valence-corrected chi connectivity index (χ0v) is 22.8. The van der Waals surface area contributed by atoms with Crippen LogP contribution >= 0.6 is 0 Å². The van der Waals surface area contributed by atoms with Crippen molar-refractivity contribution in [2.75, 3.05) is 31.1 Å². The summed E-state index contributed by atoms with van der Waals surface area (Å²) in [4.78, 5) is 54.1. The Morgan fingerprint density at radius 2 is 1.62 bits per heavy atom. The van der Waals surface area contributed by atoms with E-state index in [9.17, 15) is 19.2 Å². The molecule has 4 aliphatic heterocycles. The third-order valence-electron chi connectivity index (χ3n) is 7.89. The third kappa shape index (κ3) is 5.88. The Kier molecular flexibility index (Phi) is 7.54. The highest BCUT2D eigenvalue weighted by Gasteiger charge is 2.41. The fourth-order valence-electron chi connectivity index (χ4n) is 5.84. The number of nitrogens with zero attached hydrogens (tertiary/aromatic N) is 3. The number of rotatable bonds is 4. The van der Waals surface area contributed by atoms with E-state index in [0.717, 1.165) is 25.7 Å². The summed E-state index contributed by atoms with van der Waals surface area (Å²) in [5.74, 6) is -1.67. The maximum atomic E-state index is 15.7. The molecule has 5 rings (SSSR count). The summed E-state index contributed by atoms with van der Waals surface area (Å²) < 4.78 is 27.5. The number of carbonyl (C=O) groups excluding carboxylic acids is 4. The number of anilines is 1. The van der Waals surface area contributed by atoms with Crippen molar-refractivity contribution in [2.24, 2.45) is 0 Å². The number of hydrogen-bond acceptors (Lipinski definition) is 7. The van der Waals surface area contributed by atoms with Gasteiger partial charge in [-0.05, 0) is 65.0 Å². The maximum absolute atomic E-state index is 15.7. The number of carbonyl (C=O) groups is 4. The summed E-state index contributed by atoms with van der Waals surface area (Å²) in [7, 11) is 0. The first kappa shape index (κ1) is 27.4. The molecule has 0 saturated carbocycles. The molecule has 4 heterocycles.